The van der Waals surface area contributed by atoms with Gasteiger partial charge in [-0.2, -0.15) is 5.10 Å². The van der Waals surface area contributed by atoms with Crippen molar-refractivity contribution < 1.29 is 19.0 Å². The van der Waals surface area contributed by atoms with Crippen LogP contribution in [0.5, 0.6) is 17.4 Å². The standard InChI is InChI=1S/C30H30ClN3O4/c1-33-30(38-27-17-9-8-16-26(27)36-2)24(28(32-33)21-11-4-3-5-12-21)20-34(19-22-13-10-18-37-22)29(35)23-14-6-7-15-25(23)31/h3-9,11-12,14-17,22H,10,13,18-20H2,1-2H3. The molecule has 5 rings (SSSR count). The van der Waals surface area contributed by atoms with Crippen molar-refractivity contribution in [2.24, 2.45) is 7.05 Å². The summed E-state index contributed by atoms with van der Waals surface area (Å²) in [7, 11) is 3.44. The Bertz CT molecular complexity index is 1400. The summed E-state index contributed by atoms with van der Waals surface area (Å²) >= 11 is 6.45. The highest BCUT2D eigenvalue weighted by Crippen LogP contribution is 2.37. The molecule has 0 spiro atoms. The topological polar surface area (TPSA) is 65.8 Å². The summed E-state index contributed by atoms with van der Waals surface area (Å²) in [5.74, 6) is 1.51. The molecule has 1 aromatic heterocycles. The van der Waals surface area contributed by atoms with E-state index in [1.807, 2.05) is 73.8 Å². The number of hydrogen-bond donors (Lipinski definition) is 0. The Hall–Kier alpha value is -3.81. The van der Waals surface area contributed by atoms with E-state index >= 15 is 0 Å². The highest BCUT2D eigenvalue weighted by Gasteiger charge is 2.29. The van der Waals surface area contributed by atoms with Crippen LogP contribution in [0.3, 0.4) is 0 Å². The van der Waals surface area contributed by atoms with Gasteiger partial charge in [-0.1, -0.05) is 66.2 Å². The van der Waals surface area contributed by atoms with Gasteiger partial charge in [0.1, 0.15) is 5.69 Å². The third kappa shape index (κ3) is 5.54. The largest absolute Gasteiger partial charge is 0.493 e. The van der Waals surface area contributed by atoms with Gasteiger partial charge in [0.15, 0.2) is 11.5 Å². The lowest BCUT2D eigenvalue weighted by Gasteiger charge is -2.26. The number of aromatic nitrogens is 2. The predicted molar refractivity (Wildman–Crippen MR) is 147 cm³/mol. The molecule has 1 aliphatic rings. The highest BCUT2D eigenvalue weighted by molar-refractivity contribution is 6.33. The maximum Gasteiger partial charge on any atom is 0.255 e. The molecule has 0 N–H and O–H groups in total. The summed E-state index contributed by atoms with van der Waals surface area (Å²) in [4.78, 5) is 15.7. The van der Waals surface area contributed by atoms with Crippen molar-refractivity contribution in [1.29, 1.82) is 0 Å². The summed E-state index contributed by atoms with van der Waals surface area (Å²) in [6, 6.07) is 24.5. The Morgan fingerprint density at radius 1 is 1.05 bits per heavy atom. The van der Waals surface area contributed by atoms with Crippen LogP contribution in [-0.4, -0.2) is 47.0 Å². The number of nitrogens with zero attached hydrogens (tertiary/aromatic N) is 3. The van der Waals surface area contributed by atoms with Gasteiger partial charge in [-0.3, -0.25) is 4.79 Å². The number of carbonyl (C=O) groups excluding carboxylic acids is 1. The van der Waals surface area contributed by atoms with Gasteiger partial charge >= 0.3 is 0 Å². The fourth-order valence-electron chi connectivity index (χ4n) is 4.71. The van der Waals surface area contributed by atoms with Crippen molar-refractivity contribution in [2.45, 2.75) is 25.5 Å². The monoisotopic (exact) mass is 531 g/mol. The van der Waals surface area contributed by atoms with Crippen LogP contribution in [0.15, 0.2) is 78.9 Å². The zero-order chi connectivity index (χ0) is 26.5. The predicted octanol–water partition coefficient (Wildman–Crippen LogP) is 6.36. The van der Waals surface area contributed by atoms with Crippen molar-refractivity contribution >= 4 is 17.5 Å². The molecule has 1 atom stereocenters. The Morgan fingerprint density at radius 2 is 1.76 bits per heavy atom. The zero-order valence-corrected chi connectivity index (χ0v) is 22.2. The minimum Gasteiger partial charge on any atom is -0.493 e. The van der Waals surface area contributed by atoms with Crippen molar-refractivity contribution in [3.8, 4) is 28.6 Å². The number of benzene rings is 3. The SMILES string of the molecule is COc1ccccc1Oc1c(CN(CC2CCCO2)C(=O)c2ccccc2Cl)c(-c2ccccc2)nn1C. The Morgan fingerprint density at radius 3 is 2.47 bits per heavy atom. The summed E-state index contributed by atoms with van der Waals surface area (Å²) < 4.78 is 19.6. The van der Waals surface area contributed by atoms with E-state index < -0.39 is 0 Å². The second-order valence-corrected chi connectivity index (χ2v) is 9.58. The average Bonchev–Trinajstić information content (AvgIpc) is 3.57. The molecule has 3 aromatic carbocycles. The van der Waals surface area contributed by atoms with E-state index in [0.29, 0.717) is 41.1 Å². The first kappa shape index (κ1) is 25.8. The second-order valence-electron chi connectivity index (χ2n) is 9.18. The van der Waals surface area contributed by atoms with Gasteiger partial charge < -0.3 is 19.1 Å². The van der Waals surface area contributed by atoms with Crippen LogP contribution >= 0.6 is 11.6 Å². The maximum atomic E-state index is 13.9. The van der Waals surface area contributed by atoms with Gasteiger partial charge in [-0.05, 0) is 37.1 Å². The summed E-state index contributed by atoms with van der Waals surface area (Å²) in [6.07, 6.45) is 1.83. The molecule has 38 heavy (non-hydrogen) atoms. The first-order chi connectivity index (χ1) is 18.5. The molecule has 196 valence electrons. The van der Waals surface area contributed by atoms with E-state index in [1.54, 1.807) is 28.8 Å². The van der Waals surface area contributed by atoms with Crippen molar-refractivity contribution in [1.82, 2.24) is 14.7 Å². The fraction of sp³-hybridized carbons (Fsp3) is 0.267. The molecule has 0 radical (unpaired) electrons. The maximum absolute atomic E-state index is 13.9. The van der Waals surface area contributed by atoms with E-state index in [2.05, 4.69) is 0 Å². The quantitative estimate of drug-likeness (QED) is 0.251. The zero-order valence-electron chi connectivity index (χ0n) is 21.5. The van der Waals surface area contributed by atoms with Crippen LogP contribution in [0.4, 0.5) is 0 Å². The molecule has 1 unspecified atom stereocenters. The molecule has 1 amide bonds. The van der Waals surface area contributed by atoms with Crippen LogP contribution in [0, 0.1) is 0 Å². The number of aryl methyl sites for hydroxylation is 1. The first-order valence-electron chi connectivity index (χ1n) is 12.6. The van der Waals surface area contributed by atoms with Gasteiger partial charge in [0, 0.05) is 25.8 Å². The summed E-state index contributed by atoms with van der Waals surface area (Å²) in [5, 5.41) is 5.23. The molecular weight excluding hydrogens is 502 g/mol. The van der Waals surface area contributed by atoms with E-state index in [0.717, 1.165) is 29.7 Å². The number of carbonyl (C=O) groups is 1. The van der Waals surface area contributed by atoms with E-state index in [4.69, 9.17) is 30.9 Å². The minimum absolute atomic E-state index is 0.0446. The second kappa shape index (κ2) is 11.7. The lowest BCUT2D eigenvalue weighted by atomic mass is 10.1. The molecule has 1 saturated heterocycles. The van der Waals surface area contributed by atoms with E-state index in [-0.39, 0.29) is 18.6 Å². The number of ether oxygens (including phenoxy) is 3. The number of para-hydroxylation sites is 2. The lowest BCUT2D eigenvalue weighted by molar-refractivity contribution is 0.0506. The molecule has 4 aromatic rings. The van der Waals surface area contributed by atoms with Gasteiger partial charge in [0.2, 0.25) is 5.88 Å². The van der Waals surface area contributed by atoms with Gasteiger partial charge in [-0.25, -0.2) is 4.68 Å². The molecule has 0 saturated carbocycles. The fourth-order valence-corrected chi connectivity index (χ4v) is 4.92. The third-order valence-electron chi connectivity index (χ3n) is 6.60. The molecule has 1 aliphatic heterocycles. The van der Waals surface area contributed by atoms with Crippen molar-refractivity contribution in [3.63, 3.8) is 0 Å². The van der Waals surface area contributed by atoms with Gasteiger partial charge in [0.25, 0.3) is 5.91 Å². The van der Waals surface area contributed by atoms with Crippen LogP contribution < -0.4 is 9.47 Å². The number of rotatable bonds is 9. The third-order valence-corrected chi connectivity index (χ3v) is 6.93. The van der Waals surface area contributed by atoms with Crippen LogP contribution in [0.25, 0.3) is 11.3 Å². The molecule has 0 bridgehead atoms. The van der Waals surface area contributed by atoms with Crippen molar-refractivity contribution in [2.75, 3.05) is 20.3 Å². The highest BCUT2D eigenvalue weighted by atomic mass is 35.5. The Balaban J connectivity index is 1.59. The molecule has 7 nitrogen and oxygen atoms in total. The van der Waals surface area contributed by atoms with E-state index in [9.17, 15) is 4.79 Å². The lowest BCUT2D eigenvalue weighted by Crippen LogP contribution is -2.37. The number of amides is 1. The molecule has 0 aliphatic carbocycles. The molecular formula is C30H30ClN3O4. The summed E-state index contributed by atoms with van der Waals surface area (Å²) in [5.41, 5.74) is 2.89. The van der Waals surface area contributed by atoms with E-state index in [1.165, 1.54) is 0 Å². The van der Waals surface area contributed by atoms with Gasteiger partial charge in [0.05, 0.1) is 35.9 Å². The number of methoxy groups -OCH3 is 1. The van der Waals surface area contributed by atoms with Crippen LogP contribution in [0.2, 0.25) is 5.02 Å². The molecule has 1 fully saturated rings. The average molecular weight is 532 g/mol. The minimum atomic E-state index is -0.169. The van der Waals surface area contributed by atoms with Crippen molar-refractivity contribution in [3.05, 3.63) is 95.0 Å². The Labute approximate surface area is 227 Å². The number of hydrogen-bond acceptors (Lipinski definition) is 5. The molecule has 8 heteroatoms. The summed E-state index contributed by atoms with van der Waals surface area (Å²) in [6.45, 7) is 1.39. The first-order valence-corrected chi connectivity index (χ1v) is 13.0. The Kier molecular flexibility index (Phi) is 7.96. The normalized spacial score (nSPS) is 14.9. The van der Waals surface area contributed by atoms with Gasteiger partial charge in [-0.15, -0.1) is 0 Å². The number of halogens is 1. The molecule has 2 heterocycles. The smallest absolute Gasteiger partial charge is 0.255 e. The van der Waals surface area contributed by atoms with Crippen LogP contribution in [-0.2, 0) is 18.3 Å². The van der Waals surface area contributed by atoms with Crippen LogP contribution in [0.1, 0.15) is 28.8 Å².